The van der Waals surface area contributed by atoms with Gasteiger partial charge in [-0.05, 0) is 62.8 Å². The summed E-state index contributed by atoms with van der Waals surface area (Å²) in [6.07, 6.45) is 11.6. The van der Waals surface area contributed by atoms with Crippen molar-refractivity contribution < 1.29 is 0 Å². The lowest BCUT2D eigenvalue weighted by Crippen LogP contribution is -2.48. The van der Waals surface area contributed by atoms with Gasteiger partial charge in [-0.25, -0.2) is 0 Å². The maximum atomic E-state index is 3.67. The van der Waals surface area contributed by atoms with E-state index in [1.807, 2.05) is 0 Å². The molecule has 1 saturated heterocycles. The van der Waals surface area contributed by atoms with Gasteiger partial charge < -0.3 is 5.32 Å². The third-order valence-corrected chi connectivity index (χ3v) is 5.13. The van der Waals surface area contributed by atoms with Crippen molar-refractivity contribution in [2.75, 3.05) is 26.2 Å². The number of hydrogen-bond acceptors (Lipinski definition) is 2. The van der Waals surface area contributed by atoms with Crippen molar-refractivity contribution in [1.82, 2.24) is 10.2 Å². The van der Waals surface area contributed by atoms with Crippen LogP contribution in [-0.2, 0) is 0 Å². The summed E-state index contributed by atoms with van der Waals surface area (Å²) in [6.45, 7) is 7.68. The maximum Gasteiger partial charge on any atom is 0.00967 e. The first kappa shape index (κ1) is 12.9. The molecule has 0 bridgehead atoms. The Kier molecular flexibility index (Phi) is 3.95. The zero-order valence-corrected chi connectivity index (χ0v) is 12.1. The average Bonchev–Trinajstić information content (AvgIpc) is 3.24. The molecule has 0 aromatic heterocycles. The van der Waals surface area contributed by atoms with Crippen molar-refractivity contribution in [1.29, 1.82) is 0 Å². The Morgan fingerprint density at radius 2 is 2.06 bits per heavy atom. The van der Waals surface area contributed by atoms with Gasteiger partial charge in [-0.15, -0.1) is 0 Å². The van der Waals surface area contributed by atoms with Crippen LogP contribution in [0.4, 0.5) is 0 Å². The Bertz CT molecular complexity index is 257. The highest BCUT2D eigenvalue weighted by molar-refractivity contribution is 4.94. The molecule has 1 N–H and O–H groups in total. The van der Waals surface area contributed by atoms with Gasteiger partial charge in [0, 0.05) is 25.7 Å². The molecule has 3 fully saturated rings. The molecule has 1 heterocycles. The largest absolute Gasteiger partial charge is 0.316 e. The van der Waals surface area contributed by atoms with Gasteiger partial charge >= 0.3 is 0 Å². The Balaban J connectivity index is 1.61. The minimum absolute atomic E-state index is 0.602. The van der Waals surface area contributed by atoms with E-state index in [0.717, 1.165) is 12.0 Å². The molecule has 2 heteroatoms. The second-order valence-corrected chi connectivity index (χ2v) is 7.13. The van der Waals surface area contributed by atoms with E-state index in [1.165, 1.54) is 77.5 Å². The van der Waals surface area contributed by atoms with Gasteiger partial charge in [-0.1, -0.05) is 13.3 Å². The molecule has 3 rings (SSSR count). The molecule has 1 atom stereocenters. The van der Waals surface area contributed by atoms with E-state index < -0.39 is 0 Å². The minimum atomic E-state index is 0.602. The predicted molar refractivity (Wildman–Crippen MR) is 76.8 cm³/mol. The molecule has 2 saturated carbocycles. The summed E-state index contributed by atoms with van der Waals surface area (Å²) in [4.78, 5) is 2.88. The topological polar surface area (TPSA) is 15.3 Å². The van der Waals surface area contributed by atoms with Crippen molar-refractivity contribution in [3.05, 3.63) is 0 Å². The summed E-state index contributed by atoms with van der Waals surface area (Å²) in [5.74, 6) is 1.06. The highest BCUT2D eigenvalue weighted by atomic mass is 15.2. The molecule has 0 spiro atoms. The second-order valence-electron chi connectivity index (χ2n) is 7.13. The molecular formula is C16H30N2. The number of rotatable bonds is 7. The van der Waals surface area contributed by atoms with E-state index in [1.54, 1.807) is 0 Å². The van der Waals surface area contributed by atoms with E-state index in [4.69, 9.17) is 0 Å². The Morgan fingerprint density at radius 1 is 1.22 bits per heavy atom. The lowest BCUT2D eigenvalue weighted by molar-refractivity contribution is 0.0975. The van der Waals surface area contributed by atoms with Gasteiger partial charge in [0.2, 0.25) is 0 Å². The summed E-state index contributed by atoms with van der Waals surface area (Å²) in [5, 5.41) is 3.67. The van der Waals surface area contributed by atoms with E-state index in [2.05, 4.69) is 17.1 Å². The molecule has 104 valence electrons. The van der Waals surface area contributed by atoms with Gasteiger partial charge in [0.1, 0.15) is 0 Å². The molecule has 0 aromatic carbocycles. The summed E-state index contributed by atoms with van der Waals surface area (Å²) in [5.41, 5.74) is 0.602. The van der Waals surface area contributed by atoms with Crippen LogP contribution in [0.5, 0.6) is 0 Å². The van der Waals surface area contributed by atoms with Crippen molar-refractivity contribution in [2.45, 2.75) is 64.3 Å². The fourth-order valence-electron chi connectivity index (χ4n) is 3.83. The van der Waals surface area contributed by atoms with E-state index >= 15 is 0 Å². The highest BCUT2D eigenvalue weighted by Gasteiger charge is 2.39. The van der Waals surface area contributed by atoms with Gasteiger partial charge in [0.25, 0.3) is 0 Å². The maximum absolute atomic E-state index is 3.67. The molecule has 2 aliphatic carbocycles. The van der Waals surface area contributed by atoms with Crippen LogP contribution in [-0.4, -0.2) is 37.1 Å². The van der Waals surface area contributed by atoms with Crippen molar-refractivity contribution >= 4 is 0 Å². The van der Waals surface area contributed by atoms with Crippen LogP contribution < -0.4 is 5.32 Å². The van der Waals surface area contributed by atoms with Gasteiger partial charge in [0.15, 0.2) is 0 Å². The van der Waals surface area contributed by atoms with Crippen molar-refractivity contribution in [3.63, 3.8) is 0 Å². The smallest absolute Gasteiger partial charge is 0.00967 e. The van der Waals surface area contributed by atoms with Crippen LogP contribution in [0, 0.1) is 11.3 Å². The van der Waals surface area contributed by atoms with Gasteiger partial charge in [0.05, 0.1) is 0 Å². The lowest BCUT2D eigenvalue weighted by atomic mass is 9.76. The fourth-order valence-corrected chi connectivity index (χ4v) is 3.83. The standard InChI is InChI=1S/C16H30N2/c1-2-8-16(9-3-10-17-12-16)13-18(15-6-7-15)11-14-4-5-14/h14-15,17H,2-13H2,1H3. The number of piperidine rings is 1. The van der Waals surface area contributed by atoms with E-state index in [0.29, 0.717) is 5.41 Å². The summed E-state index contributed by atoms with van der Waals surface area (Å²) < 4.78 is 0. The Hall–Kier alpha value is -0.0800. The summed E-state index contributed by atoms with van der Waals surface area (Å²) in [7, 11) is 0. The Labute approximate surface area is 113 Å². The fraction of sp³-hybridized carbons (Fsp3) is 1.00. The normalized spacial score (nSPS) is 33.0. The van der Waals surface area contributed by atoms with Gasteiger partial charge in [-0.2, -0.15) is 0 Å². The first-order valence-corrected chi connectivity index (χ1v) is 8.26. The summed E-state index contributed by atoms with van der Waals surface area (Å²) in [6, 6.07) is 0.959. The average molecular weight is 250 g/mol. The zero-order chi connectivity index (χ0) is 12.4. The molecule has 0 radical (unpaired) electrons. The number of nitrogens with one attached hydrogen (secondary N) is 1. The third-order valence-electron chi connectivity index (χ3n) is 5.13. The van der Waals surface area contributed by atoms with Crippen LogP contribution in [0.25, 0.3) is 0 Å². The molecule has 1 unspecified atom stereocenters. The molecule has 18 heavy (non-hydrogen) atoms. The van der Waals surface area contributed by atoms with Crippen LogP contribution in [0.15, 0.2) is 0 Å². The van der Waals surface area contributed by atoms with Gasteiger partial charge in [-0.3, -0.25) is 4.90 Å². The number of nitrogens with zero attached hydrogens (tertiary/aromatic N) is 1. The molecule has 2 nitrogen and oxygen atoms in total. The second kappa shape index (κ2) is 5.50. The molecule has 0 aromatic rings. The Morgan fingerprint density at radius 3 is 2.61 bits per heavy atom. The van der Waals surface area contributed by atoms with E-state index in [-0.39, 0.29) is 0 Å². The quantitative estimate of drug-likeness (QED) is 0.747. The zero-order valence-electron chi connectivity index (χ0n) is 12.1. The van der Waals surface area contributed by atoms with Crippen LogP contribution >= 0.6 is 0 Å². The summed E-state index contributed by atoms with van der Waals surface area (Å²) >= 11 is 0. The predicted octanol–water partition coefficient (Wildman–Crippen LogP) is 3.03. The van der Waals surface area contributed by atoms with Crippen LogP contribution in [0.1, 0.15) is 58.3 Å². The first-order chi connectivity index (χ1) is 8.81. The van der Waals surface area contributed by atoms with E-state index in [9.17, 15) is 0 Å². The number of hydrogen-bond donors (Lipinski definition) is 1. The van der Waals surface area contributed by atoms with Crippen LogP contribution in [0.2, 0.25) is 0 Å². The SMILES string of the molecule is CCCC1(CN(CC2CC2)C2CC2)CCCNC1. The molecule has 3 aliphatic rings. The van der Waals surface area contributed by atoms with Crippen LogP contribution in [0.3, 0.4) is 0 Å². The molecule has 1 aliphatic heterocycles. The first-order valence-electron chi connectivity index (χ1n) is 8.26. The monoisotopic (exact) mass is 250 g/mol. The molecular weight excluding hydrogens is 220 g/mol. The minimum Gasteiger partial charge on any atom is -0.316 e. The van der Waals surface area contributed by atoms with Crippen molar-refractivity contribution in [2.24, 2.45) is 11.3 Å². The highest BCUT2D eigenvalue weighted by Crippen LogP contribution is 2.39. The molecule has 0 amide bonds. The lowest BCUT2D eigenvalue weighted by Gasteiger charge is -2.42. The van der Waals surface area contributed by atoms with Crippen molar-refractivity contribution in [3.8, 4) is 0 Å². The third kappa shape index (κ3) is 3.27.